The van der Waals surface area contributed by atoms with Crippen LogP contribution in [-0.2, 0) is 9.30 Å². The molecule has 0 saturated carbocycles. The van der Waals surface area contributed by atoms with Gasteiger partial charge in [-0.3, -0.25) is 0 Å². The van der Waals surface area contributed by atoms with Gasteiger partial charge in [-0.1, -0.05) is 60.7 Å². The van der Waals surface area contributed by atoms with Crippen LogP contribution in [0.3, 0.4) is 0 Å². The minimum Gasteiger partial charge on any atom is -0.390 e. The summed E-state index contributed by atoms with van der Waals surface area (Å²) in [5.41, 5.74) is -4.00. The van der Waals surface area contributed by atoms with E-state index >= 15 is 0 Å². The molecule has 206 valence electrons. The fourth-order valence-corrected chi connectivity index (χ4v) is 7.88. The van der Waals surface area contributed by atoms with E-state index in [1.807, 2.05) is 0 Å². The first-order valence-electron chi connectivity index (χ1n) is 11.2. The lowest BCUT2D eigenvalue weighted by Crippen LogP contribution is -2.61. The van der Waals surface area contributed by atoms with Gasteiger partial charge in [0, 0.05) is 35.9 Å². The van der Waals surface area contributed by atoms with E-state index < -0.39 is 55.2 Å². The molecule has 13 heteroatoms. The Morgan fingerprint density at radius 2 is 1.22 bits per heavy atom. The number of ether oxygens (including phenoxy) is 1. The predicted octanol–water partition coefficient (Wildman–Crippen LogP) is 6.16. The van der Waals surface area contributed by atoms with Crippen molar-refractivity contribution in [3.63, 3.8) is 0 Å². The molecule has 1 aliphatic heterocycles. The number of alkyl halides is 9. The monoisotopic (exact) mass is 562 g/mol. The van der Waals surface area contributed by atoms with Crippen molar-refractivity contribution in [3.05, 3.63) is 60.7 Å². The Kier molecular flexibility index (Phi) is 8.19. The molecule has 0 bridgehead atoms. The van der Waals surface area contributed by atoms with Gasteiger partial charge in [0.2, 0.25) is 0 Å². The van der Waals surface area contributed by atoms with Crippen LogP contribution < -0.4 is 10.6 Å². The Morgan fingerprint density at radius 3 is 1.62 bits per heavy atom. The first kappa shape index (κ1) is 29.5. The molecule has 0 aromatic heterocycles. The molecule has 1 saturated heterocycles. The third-order valence-electron chi connectivity index (χ3n) is 6.53. The third-order valence-corrected chi connectivity index (χ3v) is 10.1. The molecule has 2 aromatic carbocycles. The van der Waals surface area contributed by atoms with Gasteiger partial charge in [-0.15, -0.1) is 0 Å². The van der Waals surface area contributed by atoms with Crippen LogP contribution in [0.1, 0.15) is 25.7 Å². The van der Waals surface area contributed by atoms with Crippen molar-refractivity contribution < 1.29 is 53.9 Å². The maximum absolute atomic E-state index is 15.0. The third kappa shape index (κ3) is 5.56. The molecular weight excluding hydrogens is 538 g/mol. The van der Waals surface area contributed by atoms with Crippen LogP contribution >= 0.6 is 7.14 Å². The SMILES string of the molecule is O=P(c1ccccc1)(c1ccccc1)C(CC1(O)CCOCC1)CC(F)(F)C(F)(F)C(F)(F)C(F)(F)F. The van der Waals surface area contributed by atoms with Crippen LogP contribution in [0.25, 0.3) is 0 Å². The van der Waals surface area contributed by atoms with Crippen molar-refractivity contribution in [2.24, 2.45) is 0 Å². The van der Waals surface area contributed by atoms with Crippen LogP contribution in [0.2, 0.25) is 0 Å². The number of benzene rings is 2. The van der Waals surface area contributed by atoms with Gasteiger partial charge in [-0.05, 0) is 19.3 Å². The van der Waals surface area contributed by atoms with Gasteiger partial charge >= 0.3 is 23.9 Å². The summed E-state index contributed by atoms with van der Waals surface area (Å²) in [5, 5.41) is 10.8. The van der Waals surface area contributed by atoms with Crippen molar-refractivity contribution in [2.45, 2.75) is 60.9 Å². The van der Waals surface area contributed by atoms with Gasteiger partial charge in [0.15, 0.2) is 0 Å². The van der Waals surface area contributed by atoms with Crippen LogP contribution in [0.5, 0.6) is 0 Å². The Morgan fingerprint density at radius 1 is 0.784 bits per heavy atom. The van der Waals surface area contributed by atoms with Crippen LogP contribution in [-0.4, -0.2) is 53.5 Å². The highest BCUT2D eigenvalue weighted by Crippen LogP contribution is 2.60. The standard InChI is InChI=1S/C24H24F9O3P/c25-21(26,22(27,28)23(29,30)24(31,32)33)16-19(15-20(34)11-13-36-14-12-20)37(35,17-7-3-1-4-8-17)18-9-5-2-6-10-18/h1-10,19,34H,11-16H2. The number of halogens is 9. The van der Waals surface area contributed by atoms with Gasteiger partial charge in [0.25, 0.3) is 0 Å². The van der Waals surface area contributed by atoms with Gasteiger partial charge in [-0.25, -0.2) is 0 Å². The lowest BCUT2D eigenvalue weighted by atomic mass is 9.87. The van der Waals surface area contributed by atoms with Crippen molar-refractivity contribution >= 4 is 17.8 Å². The highest BCUT2D eigenvalue weighted by atomic mass is 31.2. The maximum atomic E-state index is 15.0. The molecule has 1 N–H and O–H groups in total. The van der Waals surface area contributed by atoms with Crippen molar-refractivity contribution in [3.8, 4) is 0 Å². The fraction of sp³-hybridized carbons (Fsp3) is 0.500. The Bertz CT molecular complexity index is 1040. The molecule has 1 atom stereocenters. The average molecular weight is 562 g/mol. The summed E-state index contributed by atoms with van der Waals surface area (Å²) in [6.07, 6.45) is -10.5. The molecule has 37 heavy (non-hydrogen) atoms. The average Bonchev–Trinajstić information content (AvgIpc) is 2.83. The summed E-state index contributed by atoms with van der Waals surface area (Å²) >= 11 is 0. The number of rotatable bonds is 9. The summed E-state index contributed by atoms with van der Waals surface area (Å²) in [7, 11) is -4.44. The van der Waals surface area contributed by atoms with Gasteiger partial charge < -0.3 is 14.4 Å². The maximum Gasteiger partial charge on any atom is 0.460 e. The molecule has 1 fully saturated rings. The number of hydrogen-bond donors (Lipinski definition) is 1. The number of hydrogen-bond acceptors (Lipinski definition) is 3. The summed E-state index contributed by atoms with van der Waals surface area (Å²) in [6.45, 7) is -0.105. The van der Waals surface area contributed by atoms with E-state index in [9.17, 15) is 49.2 Å². The fourth-order valence-electron chi connectivity index (χ4n) is 4.42. The quantitative estimate of drug-likeness (QED) is 0.294. The molecule has 1 unspecified atom stereocenters. The van der Waals surface area contributed by atoms with E-state index in [0.29, 0.717) is 0 Å². The molecule has 0 aliphatic carbocycles. The Hall–Kier alpha value is -2.04. The molecule has 1 heterocycles. The van der Waals surface area contributed by atoms with E-state index in [2.05, 4.69) is 0 Å². The molecule has 0 amide bonds. The highest BCUT2D eigenvalue weighted by molar-refractivity contribution is 7.79. The second-order valence-corrected chi connectivity index (χ2v) is 12.2. The summed E-state index contributed by atoms with van der Waals surface area (Å²) < 4.78 is 144. The van der Waals surface area contributed by atoms with E-state index in [1.54, 1.807) is 0 Å². The zero-order chi connectivity index (χ0) is 27.8. The summed E-state index contributed by atoms with van der Waals surface area (Å²) in [5.74, 6) is -19.9. The van der Waals surface area contributed by atoms with Gasteiger partial charge in [0.05, 0.1) is 5.60 Å². The predicted molar refractivity (Wildman–Crippen MR) is 119 cm³/mol. The Labute approximate surface area is 207 Å². The Balaban J connectivity index is 2.19. The smallest absolute Gasteiger partial charge is 0.390 e. The lowest BCUT2D eigenvalue weighted by Gasteiger charge is -2.41. The van der Waals surface area contributed by atoms with E-state index in [0.717, 1.165) is 0 Å². The van der Waals surface area contributed by atoms with Gasteiger partial charge in [0.1, 0.15) is 7.14 Å². The first-order valence-corrected chi connectivity index (χ1v) is 13.0. The summed E-state index contributed by atoms with van der Waals surface area (Å²) in [4.78, 5) is 0. The molecular formula is C24H24F9O3P. The first-order chi connectivity index (χ1) is 17.0. The molecule has 0 spiro atoms. The topological polar surface area (TPSA) is 46.5 Å². The minimum absolute atomic E-state index is 0.0527. The lowest BCUT2D eigenvalue weighted by molar-refractivity contribution is -0.396. The van der Waals surface area contributed by atoms with Crippen molar-refractivity contribution in [1.82, 2.24) is 0 Å². The minimum atomic E-state index is -7.08. The van der Waals surface area contributed by atoms with E-state index in [4.69, 9.17) is 4.74 Å². The molecule has 0 radical (unpaired) electrons. The molecule has 1 aliphatic rings. The largest absolute Gasteiger partial charge is 0.460 e. The zero-order valence-corrected chi connectivity index (χ0v) is 20.1. The second kappa shape index (κ2) is 10.3. The molecule has 3 rings (SSSR count). The normalized spacial score (nSPS) is 18.4. The van der Waals surface area contributed by atoms with Crippen molar-refractivity contribution in [1.29, 1.82) is 0 Å². The van der Waals surface area contributed by atoms with Crippen molar-refractivity contribution in [2.75, 3.05) is 13.2 Å². The van der Waals surface area contributed by atoms with Crippen LogP contribution in [0, 0.1) is 0 Å². The van der Waals surface area contributed by atoms with E-state index in [1.165, 1.54) is 60.7 Å². The molecule has 2 aromatic rings. The van der Waals surface area contributed by atoms with Gasteiger partial charge in [-0.2, -0.15) is 39.5 Å². The summed E-state index contributed by atoms with van der Waals surface area (Å²) in [6, 6.07) is 13.6. The zero-order valence-electron chi connectivity index (χ0n) is 19.2. The number of aliphatic hydroxyl groups is 1. The second-order valence-electron chi connectivity index (χ2n) is 9.08. The van der Waals surface area contributed by atoms with Crippen LogP contribution in [0.4, 0.5) is 39.5 Å². The molecule has 3 nitrogen and oxygen atoms in total. The van der Waals surface area contributed by atoms with E-state index in [-0.39, 0.29) is 36.7 Å². The highest BCUT2D eigenvalue weighted by Gasteiger charge is 2.81. The van der Waals surface area contributed by atoms with Crippen LogP contribution in [0.15, 0.2) is 60.7 Å².